The molecule has 2 aromatic heterocycles. The summed E-state index contributed by atoms with van der Waals surface area (Å²) in [5.74, 6) is 0. The zero-order valence-corrected chi connectivity index (χ0v) is 10.0. The third kappa shape index (κ3) is 1.85. The van der Waals surface area contributed by atoms with Gasteiger partial charge >= 0.3 is 0 Å². The van der Waals surface area contributed by atoms with Gasteiger partial charge in [0.25, 0.3) is 0 Å². The van der Waals surface area contributed by atoms with Gasteiger partial charge in [-0.3, -0.25) is 5.10 Å². The van der Waals surface area contributed by atoms with Gasteiger partial charge < -0.3 is 0 Å². The number of nitrogens with one attached hydrogen (secondary N) is 1. The Hall–Kier alpha value is -2.01. The molecule has 3 aromatic rings. The second-order valence-corrected chi connectivity index (χ2v) is 4.55. The van der Waals surface area contributed by atoms with Crippen LogP contribution in [0.15, 0.2) is 35.7 Å². The lowest BCUT2D eigenvalue weighted by atomic mass is 10.2. The summed E-state index contributed by atoms with van der Waals surface area (Å²) in [6, 6.07) is 10.1. The Balaban J connectivity index is 2.02. The molecule has 3 rings (SSSR count). The van der Waals surface area contributed by atoms with E-state index >= 15 is 0 Å². The number of aryl methyl sites for hydroxylation is 1. The van der Waals surface area contributed by atoms with E-state index in [0.717, 1.165) is 27.7 Å². The first kappa shape index (κ1) is 10.2. The number of H-pyrrole nitrogens is 1. The first-order chi connectivity index (χ1) is 8.34. The molecule has 4 nitrogen and oxygen atoms in total. The van der Waals surface area contributed by atoms with E-state index in [0.29, 0.717) is 0 Å². The average molecular weight is 242 g/mol. The fourth-order valence-electron chi connectivity index (χ4n) is 1.62. The van der Waals surface area contributed by atoms with Crippen molar-refractivity contribution >= 4 is 11.3 Å². The normalized spacial score (nSPS) is 10.6. The highest BCUT2D eigenvalue weighted by Crippen LogP contribution is 2.28. The Bertz CT molecular complexity index is 627. The molecule has 1 N–H and O–H groups in total. The van der Waals surface area contributed by atoms with Crippen LogP contribution in [0.3, 0.4) is 0 Å². The van der Waals surface area contributed by atoms with Crippen molar-refractivity contribution in [2.45, 2.75) is 6.92 Å². The molecule has 0 bridgehead atoms. The van der Waals surface area contributed by atoms with Crippen molar-refractivity contribution in [3.63, 3.8) is 0 Å². The average Bonchev–Trinajstić information content (AvgIpc) is 2.98. The molecule has 0 aliphatic heterocycles. The summed E-state index contributed by atoms with van der Waals surface area (Å²) in [5, 5.41) is 13.6. The number of hydrogen-bond acceptors (Lipinski definition) is 4. The van der Waals surface area contributed by atoms with Crippen molar-refractivity contribution in [3.8, 4) is 22.0 Å². The molecule has 84 valence electrons. The molecule has 17 heavy (non-hydrogen) atoms. The van der Waals surface area contributed by atoms with Crippen molar-refractivity contribution in [1.82, 2.24) is 20.4 Å². The summed E-state index contributed by atoms with van der Waals surface area (Å²) >= 11 is 1.62. The lowest BCUT2D eigenvalue weighted by molar-refractivity contribution is 0.929. The van der Waals surface area contributed by atoms with Gasteiger partial charge in [-0.2, -0.15) is 0 Å². The maximum absolute atomic E-state index is 4.58. The molecule has 0 aliphatic rings. The number of nitrogens with zero attached hydrogens (tertiary/aromatic N) is 3. The summed E-state index contributed by atoms with van der Waals surface area (Å²) in [7, 11) is 0. The fraction of sp³-hybridized carbons (Fsp3) is 0.0833. The van der Waals surface area contributed by atoms with Crippen LogP contribution < -0.4 is 0 Å². The number of rotatable bonds is 2. The molecule has 0 amide bonds. The summed E-state index contributed by atoms with van der Waals surface area (Å²) < 4.78 is 0. The highest BCUT2D eigenvalue weighted by molar-refractivity contribution is 7.13. The van der Waals surface area contributed by atoms with Gasteiger partial charge in [0.1, 0.15) is 16.4 Å². The largest absolute Gasteiger partial charge is 0.262 e. The van der Waals surface area contributed by atoms with Crippen molar-refractivity contribution in [2.75, 3.05) is 0 Å². The minimum atomic E-state index is 0.823. The van der Waals surface area contributed by atoms with Crippen LogP contribution in [-0.4, -0.2) is 20.4 Å². The van der Waals surface area contributed by atoms with Crippen molar-refractivity contribution in [3.05, 3.63) is 41.4 Å². The molecule has 0 unspecified atom stereocenters. The first-order valence-electron chi connectivity index (χ1n) is 5.23. The van der Waals surface area contributed by atoms with E-state index in [2.05, 4.69) is 32.5 Å². The van der Waals surface area contributed by atoms with Crippen LogP contribution >= 0.6 is 11.3 Å². The van der Waals surface area contributed by atoms with Crippen LogP contribution in [0.1, 0.15) is 5.69 Å². The van der Waals surface area contributed by atoms with Crippen LogP contribution in [0.25, 0.3) is 22.0 Å². The predicted molar refractivity (Wildman–Crippen MR) is 67.7 cm³/mol. The molecule has 0 saturated heterocycles. The molecule has 2 heterocycles. The zero-order chi connectivity index (χ0) is 11.7. The second-order valence-electron chi connectivity index (χ2n) is 3.69. The topological polar surface area (TPSA) is 54.5 Å². The molecule has 0 spiro atoms. The van der Waals surface area contributed by atoms with Gasteiger partial charge in [-0.15, -0.1) is 16.4 Å². The second kappa shape index (κ2) is 4.10. The van der Waals surface area contributed by atoms with Crippen molar-refractivity contribution in [2.24, 2.45) is 0 Å². The van der Waals surface area contributed by atoms with Gasteiger partial charge in [0.05, 0.1) is 5.69 Å². The van der Waals surface area contributed by atoms with E-state index in [4.69, 9.17) is 0 Å². The molecular formula is C12H10N4S. The van der Waals surface area contributed by atoms with Crippen LogP contribution in [0, 0.1) is 6.92 Å². The number of aromatic amines is 1. The Kier molecular flexibility index (Phi) is 2.45. The summed E-state index contributed by atoms with van der Waals surface area (Å²) in [6.45, 7) is 1.94. The van der Waals surface area contributed by atoms with Crippen LogP contribution in [-0.2, 0) is 0 Å². The molecule has 5 heteroatoms. The van der Waals surface area contributed by atoms with Crippen molar-refractivity contribution < 1.29 is 0 Å². The monoisotopic (exact) mass is 242 g/mol. The smallest absolute Gasteiger partial charge is 0.134 e. The number of aromatic nitrogens is 4. The minimum absolute atomic E-state index is 0.823. The zero-order valence-electron chi connectivity index (χ0n) is 9.21. The fourth-order valence-corrected chi connectivity index (χ4v) is 2.43. The van der Waals surface area contributed by atoms with E-state index in [1.165, 1.54) is 0 Å². The molecule has 0 aliphatic carbocycles. The molecule has 0 fully saturated rings. The molecular weight excluding hydrogens is 232 g/mol. The maximum Gasteiger partial charge on any atom is 0.134 e. The van der Waals surface area contributed by atoms with Gasteiger partial charge in [0.2, 0.25) is 0 Å². The summed E-state index contributed by atoms with van der Waals surface area (Å²) in [5.41, 5.74) is 3.77. The predicted octanol–water partition coefficient (Wildman–Crippen LogP) is 2.90. The summed E-state index contributed by atoms with van der Waals surface area (Å²) in [6.07, 6.45) is 0. The van der Waals surface area contributed by atoms with E-state index in [9.17, 15) is 0 Å². The molecule has 0 radical (unpaired) electrons. The van der Waals surface area contributed by atoms with E-state index in [1.807, 2.05) is 30.5 Å². The Morgan fingerprint density at radius 1 is 1.18 bits per heavy atom. The maximum atomic E-state index is 4.58. The quantitative estimate of drug-likeness (QED) is 0.751. The summed E-state index contributed by atoms with van der Waals surface area (Å²) in [4.78, 5) is 4.58. The van der Waals surface area contributed by atoms with Gasteiger partial charge in [-0.05, 0) is 6.92 Å². The van der Waals surface area contributed by atoms with E-state index in [1.54, 1.807) is 11.3 Å². The molecule has 0 atom stereocenters. The third-order valence-corrected chi connectivity index (χ3v) is 3.38. The minimum Gasteiger partial charge on any atom is -0.262 e. The highest BCUT2D eigenvalue weighted by atomic mass is 32.1. The Morgan fingerprint density at radius 2 is 2.00 bits per heavy atom. The van der Waals surface area contributed by atoms with E-state index < -0.39 is 0 Å². The first-order valence-corrected chi connectivity index (χ1v) is 6.11. The lowest BCUT2D eigenvalue weighted by Gasteiger charge is -1.93. The molecule has 0 saturated carbocycles. The van der Waals surface area contributed by atoms with Gasteiger partial charge in [-0.25, -0.2) is 4.98 Å². The van der Waals surface area contributed by atoms with Crippen LogP contribution in [0.4, 0.5) is 0 Å². The number of hydrogen-bond donors (Lipinski definition) is 1. The van der Waals surface area contributed by atoms with Gasteiger partial charge in [-0.1, -0.05) is 35.5 Å². The number of benzene rings is 1. The number of thiazole rings is 1. The van der Waals surface area contributed by atoms with Gasteiger partial charge in [0, 0.05) is 10.9 Å². The Labute approximate surface area is 102 Å². The van der Waals surface area contributed by atoms with Gasteiger partial charge in [0.15, 0.2) is 0 Å². The van der Waals surface area contributed by atoms with Crippen LogP contribution in [0.5, 0.6) is 0 Å². The van der Waals surface area contributed by atoms with Crippen molar-refractivity contribution in [1.29, 1.82) is 0 Å². The third-order valence-electron chi connectivity index (χ3n) is 2.49. The standard InChI is InChI=1S/C12H10N4S/c1-8-11(15-16-14-8)10-7-17-12(13-10)9-5-3-2-4-6-9/h2-7H,1H3,(H,14,15,16). The van der Waals surface area contributed by atoms with Crippen LogP contribution in [0.2, 0.25) is 0 Å². The Morgan fingerprint density at radius 3 is 2.71 bits per heavy atom. The molecule has 1 aromatic carbocycles. The highest BCUT2D eigenvalue weighted by Gasteiger charge is 2.11. The SMILES string of the molecule is Cc1[nH]nnc1-c1csc(-c2ccccc2)n1. The van der Waals surface area contributed by atoms with E-state index in [-0.39, 0.29) is 0 Å². The lowest BCUT2D eigenvalue weighted by Crippen LogP contribution is -1.82.